The minimum atomic E-state index is -0.607. The van der Waals surface area contributed by atoms with Crippen LogP contribution in [0.2, 0.25) is 0 Å². The normalized spacial score (nSPS) is 12.7. The average molecular weight is 399 g/mol. The molecule has 148 valence electrons. The number of amides is 1. The van der Waals surface area contributed by atoms with E-state index in [0.29, 0.717) is 11.2 Å². The first-order valence-electron chi connectivity index (χ1n) is 9.52. The first-order chi connectivity index (χ1) is 13.5. The first-order valence-corrected chi connectivity index (χ1v) is 10.1. The third kappa shape index (κ3) is 5.57. The Kier molecular flexibility index (Phi) is 8.48. The molecule has 5 heteroatoms. The number of hydrogen-bond donors (Lipinski definition) is 1. The summed E-state index contributed by atoms with van der Waals surface area (Å²) < 4.78 is 19.6. The second-order valence-electron chi connectivity index (χ2n) is 6.69. The highest BCUT2D eigenvalue weighted by Gasteiger charge is 2.24. The van der Waals surface area contributed by atoms with Gasteiger partial charge in [-0.2, -0.15) is 0 Å². The van der Waals surface area contributed by atoms with Crippen LogP contribution in [0.3, 0.4) is 0 Å². The van der Waals surface area contributed by atoms with E-state index in [1.807, 2.05) is 30.3 Å². The van der Waals surface area contributed by atoms with Crippen LogP contribution in [0.1, 0.15) is 55.1 Å². The minimum absolute atomic E-state index is 0.0326. The summed E-state index contributed by atoms with van der Waals surface area (Å²) in [5.74, 6) is 1.74. The molecule has 1 N–H and O–H groups in total. The van der Waals surface area contributed by atoms with Gasteiger partial charge < -0.3 is 10.1 Å². The Labute approximate surface area is 169 Å². The van der Waals surface area contributed by atoms with E-state index < -0.39 is 5.82 Å². The summed E-state index contributed by atoms with van der Waals surface area (Å²) in [4.78, 5) is 12.9. The van der Waals surface area contributed by atoms with Crippen molar-refractivity contribution in [3.05, 3.63) is 59.4 Å². The average Bonchev–Trinajstić information content (AvgIpc) is 2.70. The van der Waals surface area contributed by atoms with Crippen LogP contribution in [-0.4, -0.2) is 12.5 Å². The molecule has 0 bridgehead atoms. The number of carbonyl (C=O) groups is 1. The highest BCUT2D eigenvalue weighted by molar-refractivity contribution is 7.27. The number of hydrogen-bond acceptors (Lipinski definition) is 2. The molecule has 0 heterocycles. The van der Waals surface area contributed by atoms with Gasteiger partial charge in [0.25, 0.3) is 5.91 Å². The Morgan fingerprint density at radius 3 is 2.57 bits per heavy atom. The fraction of sp³-hybridized carbons (Fsp3) is 0.348. The molecule has 0 saturated carbocycles. The summed E-state index contributed by atoms with van der Waals surface area (Å²) >= 11 is 0. The van der Waals surface area contributed by atoms with Gasteiger partial charge in [0.1, 0.15) is 6.61 Å². The molecular weight excluding hydrogens is 372 g/mol. The standard InChI is InChI=1S/C23H27FNO2P/c1-4-10-16(6-3)21(17-11-8-7-9-12-17)25-23(26)18-14-19(24)22(20(28)15-18)27-13-5-2/h2,7-9,11-12,14-16,21H,4,6,10,13,28H2,1,3H3,(H,25,26). The quantitative estimate of drug-likeness (QED) is 0.493. The van der Waals surface area contributed by atoms with Crippen LogP contribution >= 0.6 is 9.24 Å². The molecule has 2 aromatic carbocycles. The minimum Gasteiger partial charge on any atom is -0.477 e. The maximum atomic E-state index is 14.4. The van der Waals surface area contributed by atoms with Gasteiger partial charge >= 0.3 is 0 Å². The van der Waals surface area contributed by atoms with Gasteiger partial charge in [0.05, 0.1) is 6.04 Å². The van der Waals surface area contributed by atoms with Crippen molar-refractivity contribution < 1.29 is 13.9 Å². The second kappa shape index (κ2) is 10.8. The second-order valence-corrected chi connectivity index (χ2v) is 7.31. The lowest BCUT2D eigenvalue weighted by Crippen LogP contribution is -2.34. The predicted molar refractivity (Wildman–Crippen MR) is 115 cm³/mol. The molecule has 0 spiro atoms. The maximum Gasteiger partial charge on any atom is 0.251 e. The first kappa shape index (κ1) is 21.9. The Hall–Kier alpha value is -2.37. The smallest absolute Gasteiger partial charge is 0.251 e. The molecule has 2 rings (SSSR count). The van der Waals surface area contributed by atoms with Gasteiger partial charge in [-0.1, -0.05) is 62.9 Å². The fourth-order valence-corrected chi connectivity index (χ4v) is 3.75. The van der Waals surface area contributed by atoms with Crippen LogP contribution in [-0.2, 0) is 0 Å². The molecule has 3 nitrogen and oxygen atoms in total. The van der Waals surface area contributed by atoms with Gasteiger partial charge in [0, 0.05) is 10.9 Å². The van der Waals surface area contributed by atoms with E-state index in [-0.39, 0.29) is 29.9 Å². The van der Waals surface area contributed by atoms with Crippen LogP contribution in [0.25, 0.3) is 0 Å². The third-order valence-electron chi connectivity index (χ3n) is 4.73. The lowest BCUT2D eigenvalue weighted by Gasteiger charge is -2.28. The Bertz CT molecular complexity index is 809. The number of benzene rings is 2. The van der Waals surface area contributed by atoms with Crippen LogP contribution < -0.4 is 15.4 Å². The summed E-state index contributed by atoms with van der Waals surface area (Å²) in [7, 11) is 2.39. The van der Waals surface area contributed by atoms with Crippen molar-refractivity contribution in [2.24, 2.45) is 5.92 Å². The SMILES string of the molecule is C#CCOc1c(F)cc(C(=O)NC(c2ccccc2)C(CC)CCC)cc1P. The van der Waals surface area contributed by atoms with E-state index in [0.717, 1.165) is 24.8 Å². The van der Waals surface area contributed by atoms with Gasteiger partial charge in [-0.3, -0.25) is 4.79 Å². The fourth-order valence-electron chi connectivity index (χ4n) is 3.35. The number of carbonyl (C=O) groups excluding carboxylic acids is 1. The molecule has 0 aliphatic rings. The Morgan fingerprint density at radius 1 is 1.29 bits per heavy atom. The van der Waals surface area contributed by atoms with Crippen molar-refractivity contribution in [1.29, 1.82) is 0 Å². The molecule has 3 unspecified atom stereocenters. The van der Waals surface area contributed by atoms with E-state index >= 15 is 0 Å². The van der Waals surface area contributed by atoms with Crippen molar-refractivity contribution >= 4 is 20.5 Å². The summed E-state index contributed by atoms with van der Waals surface area (Å²) in [6.45, 7) is 4.23. The molecule has 0 aliphatic carbocycles. The summed E-state index contributed by atoms with van der Waals surface area (Å²) in [6, 6.07) is 12.6. The van der Waals surface area contributed by atoms with Gasteiger partial charge in [-0.25, -0.2) is 4.39 Å². The molecule has 2 aromatic rings. The van der Waals surface area contributed by atoms with E-state index in [2.05, 4.69) is 34.3 Å². The Morgan fingerprint density at radius 2 is 2.00 bits per heavy atom. The third-order valence-corrected chi connectivity index (χ3v) is 5.16. The highest BCUT2D eigenvalue weighted by atomic mass is 31.0. The maximum absolute atomic E-state index is 14.4. The molecule has 0 radical (unpaired) electrons. The van der Waals surface area contributed by atoms with Crippen molar-refractivity contribution in [3.8, 4) is 18.1 Å². The number of terminal acetylenes is 1. The molecule has 0 aromatic heterocycles. The number of nitrogens with one attached hydrogen (secondary N) is 1. The zero-order valence-electron chi connectivity index (χ0n) is 16.4. The Balaban J connectivity index is 2.29. The van der Waals surface area contributed by atoms with Crippen molar-refractivity contribution in [3.63, 3.8) is 0 Å². The summed E-state index contributed by atoms with van der Waals surface area (Å²) in [5.41, 5.74) is 1.31. The van der Waals surface area contributed by atoms with Gasteiger partial charge in [-0.15, -0.1) is 15.7 Å². The van der Waals surface area contributed by atoms with E-state index in [1.54, 1.807) is 6.07 Å². The summed E-state index contributed by atoms with van der Waals surface area (Å²) in [5, 5.41) is 3.57. The zero-order chi connectivity index (χ0) is 20.5. The molecular formula is C23H27FNO2P. The lowest BCUT2D eigenvalue weighted by atomic mass is 9.87. The van der Waals surface area contributed by atoms with Crippen LogP contribution in [0, 0.1) is 24.1 Å². The molecule has 0 fully saturated rings. The van der Waals surface area contributed by atoms with Gasteiger partial charge in [0.2, 0.25) is 0 Å². The van der Waals surface area contributed by atoms with Gasteiger partial charge in [0.15, 0.2) is 11.6 Å². The number of halogens is 1. The molecule has 28 heavy (non-hydrogen) atoms. The predicted octanol–water partition coefficient (Wildman–Crippen LogP) is 4.64. The molecule has 1 amide bonds. The summed E-state index contributed by atoms with van der Waals surface area (Å²) in [6.07, 6.45) is 8.13. The number of ether oxygens (including phenoxy) is 1. The van der Waals surface area contributed by atoms with Crippen LogP contribution in [0.15, 0.2) is 42.5 Å². The highest BCUT2D eigenvalue weighted by Crippen LogP contribution is 2.29. The molecule has 0 aliphatic heterocycles. The van der Waals surface area contributed by atoms with Gasteiger partial charge in [-0.05, 0) is 30.0 Å². The number of rotatable bonds is 9. The van der Waals surface area contributed by atoms with Crippen molar-refractivity contribution in [1.82, 2.24) is 5.32 Å². The monoisotopic (exact) mass is 399 g/mol. The van der Waals surface area contributed by atoms with Crippen LogP contribution in [0.4, 0.5) is 4.39 Å². The van der Waals surface area contributed by atoms with E-state index in [1.165, 1.54) is 6.07 Å². The largest absolute Gasteiger partial charge is 0.477 e. The van der Waals surface area contributed by atoms with E-state index in [4.69, 9.17) is 11.2 Å². The molecule has 3 atom stereocenters. The van der Waals surface area contributed by atoms with Crippen molar-refractivity contribution in [2.75, 3.05) is 6.61 Å². The van der Waals surface area contributed by atoms with Crippen molar-refractivity contribution in [2.45, 2.75) is 39.2 Å². The lowest BCUT2D eigenvalue weighted by molar-refractivity contribution is 0.0918. The van der Waals surface area contributed by atoms with Crippen LogP contribution in [0.5, 0.6) is 5.75 Å². The van der Waals surface area contributed by atoms with E-state index in [9.17, 15) is 9.18 Å². The molecule has 0 saturated heterocycles. The zero-order valence-corrected chi connectivity index (χ0v) is 17.5. The topological polar surface area (TPSA) is 38.3 Å².